The lowest BCUT2D eigenvalue weighted by atomic mass is 10.1. The summed E-state index contributed by atoms with van der Waals surface area (Å²) >= 11 is 2.51. The van der Waals surface area contributed by atoms with Crippen LogP contribution in [0.25, 0.3) is 10.8 Å². The van der Waals surface area contributed by atoms with Crippen LogP contribution in [0.5, 0.6) is 0 Å². The number of anilines is 1. The number of ether oxygens (including phenoxy) is 1. The highest BCUT2D eigenvalue weighted by atomic mass is 32.2. The van der Waals surface area contributed by atoms with Crippen LogP contribution < -0.4 is 11.1 Å². The third-order valence-electron chi connectivity index (χ3n) is 3.63. The van der Waals surface area contributed by atoms with Gasteiger partial charge >= 0.3 is 5.97 Å². The number of rotatable bonds is 7. The highest BCUT2D eigenvalue weighted by Crippen LogP contribution is 2.24. The predicted molar refractivity (Wildman–Crippen MR) is 107 cm³/mol. The van der Waals surface area contributed by atoms with E-state index in [9.17, 15) is 14.4 Å². The molecule has 3 N–H and O–H groups in total. The van der Waals surface area contributed by atoms with Gasteiger partial charge in [-0.15, -0.1) is 23.1 Å². The van der Waals surface area contributed by atoms with Crippen LogP contribution in [0.2, 0.25) is 0 Å². The van der Waals surface area contributed by atoms with Crippen molar-refractivity contribution in [3.63, 3.8) is 0 Å². The number of fused-ring (bicyclic) bond motifs is 1. The number of hydrogen-bond donors (Lipinski definition) is 2. The summed E-state index contributed by atoms with van der Waals surface area (Å²) in [7, 11) is 0. The Morgan fingerprint density at radius 1 is 1.07 bits per heavy atom. The fourth-order valence-electron chi connectivity index (χ4n) is 2.35. The number of benzene rings is 2. The molecule has 0 unspecified atom stereocenters. The van der Waals surface area contributed by atoms with Crippen molar-refractivity contribution >= 4 is 56.7 Å². The lowest BCUT2D eigenvalue weighted by Crippen LogP contribution is -2.22. The molecule has 2 aromatic carbocycles. The molecule has 3 rings (SSSR count). The first-order valence-electron chi connectivity index (χ1n) is 7.97. The molecule has 0 aliphatic heterocycles. The zero-order valence-corrected chi connectivity index (χ0v) is 15.8. The summed E-state index contributed by atoms with van der Waals surface area (Å²) in [4.78, 5) is 35.9. The monoisotopic (exact) mass is 400 g/mol. The molecule has 1 aromatic heterocycles. The number of thiophene rings is 1. The Bertz CT molecular complexity index is 1000. The average Bonchev–Trinajstić information content (AvgIpc) is 3.13. The topological polar surface area (TPSA) is 98.5 Å². The Balaban J connectivity index is 1.46. The van der Waals surface area contributed by atoms with Crippen LogP contribution in [0.4, 0.5) is 5.00 Å². The van der Waals surface area contributed by atoms with Gasteiger partial charge < -0.3 is 15.8 Å². The van der Waals surface area contributed by atoms with E-state index in [1.54, 1.807) is 5.38 Å². The summed E-state index contributed by atoms with van der Waals surface area (Å²) in [6.07, 6.45) is 0. The molecule has 0 saturated heterocycles. The molecular weight excluding hydrogens is 384 g/mol. The minimum absolute atomic E-state index is 0.0944. The molecule has 27 heavy (non-hydrogen) atoms. The van der Waals surface area contributed by atoms with Crippen LogP contribution in [0.15, 0.2) is 58.8 Å². The van der Waals surface area contributed by atoms with Crippen molar-refractivity contribution in [3.8, 4) is 0 Å². The molecule has 0 aliphatic carbocycles. The summed E-state index contributed by atoms with van der Waals surface area (Å²) in [6, 6.07) is 15.4. The minimum Gasteiger partial charge on any atom is -0.455 e. The van der Waals surface area contributed by atoms with Crippen LogP contribution in [0.3, 0.4) is 0 Å². The number of esters is 1. The Labute approximate surface area is 163 Å². The zero-order chi connectivity index (χ0) is 19.2. The van der Waals surface area contributed by atoms with Gasteiger partial charge in [-0.05, 0) is 34.4 Å². The van der Waals surface area contributed by atoms with Crippen molar-refractivity contribution in [2.24, 2.45) is 5.73 Å². The van der Waals surface area contributed by atoms with Crippen molar-refractivity contribution in [2.45, 2.75) is 4.90 Å². The average molecular weight is 400 g/mol. The minimum atomic E-state index is -0.629. The van der Waals surface area contributed by atoms with Crippen LogP contribution in [0, 0.1) is 0 Å². The third-order valence-corrected chi connectivity index (χ3v) is 5.42. The molecule has 0 fully saturated rings. The van der Waals surface area contributed by atoms with Crippen LogP contribution in [0.1, 0.15) is 10.4 Å². The number of carbonyl (C=O) groups excluding carboxylic acids is 3. The van der Waals surface area contributed by atoms with Crippen molar-refractivity contribution in [1.29, 1.82) is 0 Å². The summed E-state index contributed by atoms with van der Waals surface area (Å²) in [5.41, 5.74) is 5.44. The molecule has 0 atom stereocenters. The highest BCUT2D eigenvalue weighted by Gasteiger charge is 2.14. The van der Waals surface area contributed by atoms with Gasteiger partial charge in [0.2, 0.25) is 0 Å². The molecule has 2 amide bonds. The zero-order valence-electron chi connectivity index (χ0n) is 14.1. The number of thioether (sulfide) groups is 1. The van der Waals surface area contributed by atoms with Crippen LogP contribution >= 0.6 is 23.1 Å². The first kappa shape index (κ1) is 18.9. The van der Waals surface area contributed by atoms with E-state index in [1.807, 2.05) is 42.5 Å². The molecule has 138 valence electrons. The van der Waals surface area contributed by atoms with Gasteiger partial charge in [0.05, 0.1) is 11.3 Å². The van der Waals surface area contributed by atoms with Gasteiger partial charge in [0.1, 0.15) is 5.00 Å². The quantitative estimate of drug-likeness (QED) is 0.468. The van der Waals surface area contributed by atoms with Gasteiger partial charge in [0.15, 0.2) is 6.61 Å². The molecule has 0 saturated carbocycles. The van der Waals surface area contributed by atoms with Gasteiger partial charge in [-0.3, -0.25) is 14.4 Å². The molecule has 0 bridgehead atoms. The Hall–Kier alpha value is -2.84. The maximum atomic E-state index is 11.9. The second kappa shape index (κ2) is 8.70. The Morgan fingerprint density at radius 2 is 1.85 bits per heavy atom. The molecule has 0 spiro atoms. The second-order valence-electron chi connectivity index (χ2n) is 5.53. The van der Waals surface area contributed by atoms with Gasteiger partial charge in [0, 0.05) is 4.90 Å². The van der Waals surface area contributed by atoms with Gasteiger partial charge in [-0.2, -0.15) is 0 Å². The van der Waals surface area contributed by atoms with Gasteiger partial charge in [-0.1, -0.05) is 30.3 Å². The molecule has 3 aromatic rings. The molecule has 6 nitrogen and oxygen atoms in total. The Morgan fingerprint density at radius 3 is 2.63 bits per heavy atom. The van der Waals surface area contributed by atoms with Crippen molar-refractivity contribution < 1.29 is 19.1 Å². The summed E-state index contributed by atoms with van der Waals surface area (Å²) in [6.45, 7) is -0.423. The summed E-state index contributed by atoms with van der Waals surface area (Å²) in [5.74, 6) is -1.55. The van der Waals surface area contributed by atoms with E-state index < -0.39 is 24.4 Å². The number of nitrogens with one attached hydrogen (secondary N) is 1. The normalized spacial score (nSPS) is 10.5. The molecule has 1 heterocycles. The van der Waals surface area contributed by atoms with E-state index in [2.05, 4.69) is 5.32 Å². The number of amides is 2. The standard InChI is InChI=1S/C19H16N2O4S2/c20-18(24)15-7-8-26-19(15)21-16(22)10-25-17(23)11-27-14-6-5-12-3-1-2-4-13(12)9-14/h1-9H,10-11H2,(H2,20,24)(H,21,22). The fraction of sp³-hybridized carbons (Fsp3) is 0.105. The highest BCUT2D eigenvalue weighted by molar-refractivity contribution is 8.00. The van der Waals surface area contributed by atoms with Crippen molar-refractivity contribution in [1.82, 2.24) is 0 Å². The number of hydrogen-bond acceptors (Lipinski definition) is 6. The first-order valence-corrected chi connectivity index (χ1v) is 9.84. The van der Waals surface area contributed by atoms with E-state index in [0.29, 0.717) is 5.00 Å². The number of carbonyl (C=O) groups is 3. The first-order chi connectivity index (χ1) is 13.0. The predicted octanol–water partition coefficient (Wildman–Crippen LogP) is 3.27. The van der Waals surface area contributed by atoms with E-state index in [4.69, 9.17) is 10.5 Å². The maximum absolute atomic E-state index is 11.9. The van der Waals surface area contributed by atoms with E-state index in [-0.39, 0.29) is 11.3 Å². The fourth-order valence-corrected chi connectivity index (χ4v) is 3.90. The van der Waals surface area contributed by atoms with Crippen LogP contribution in [-0.2, 0) is 14.3 Å². The van der Waals surface area contributed by atoms with E-state index in [1.165, 1.54) is 29.2 Å². The van der Waals surface area contributed by atoms with Crippen molar-refractivity contribution in [3.05, 3.63) is 59.5 Å². The smallest absolute Gasteiger partial charge is 0.316 e. The lowest BCUT2D eigenvalue weighted by molar-refractivity contribution is -0.144. The second-order valence-corrected chi connectivity index (χ2v) is 7.50. The molecule has 8 heteroatoms. The van der Waals surface area contributed by atoms with Crippen molar-refractivity contribution in [2.75, 3.05) is 17.7 Å². The Kier molecular flexibility index (Phi) is 6.10. The van der Waals surface area contributed by atoms with Gasteiger partial charge in [-0.25, -0.2) is 0 Å². The maximum Gasteiger partial charge on any atom is 0.316 e. The number of primary amides is 1. The van der Waals surface area contributed by atoms with Gasteiger partial charge in [0.25, 0.3) is 11.8 Å². The SMILES string of the molecule is NC(=O)c1ccsc1NC(=O)COC(=O)CSc1ccc2ccccc2c1. The summed E-state index contributed by atoms with van der Waals surface area (Å²) in [5, 5.41) is 6.72. The molecule has 0 aliphatic rings. The van der Waals surface area contributed by atoms with E-state index in [0.717, 1.165) is 15.7 Å². The largest absolute Gasteiger partial charge is 0.455 e. The van der Waals surface area contributed by atoms with E-state index >= 15 is 0 Å². The lowest BCUT2D eigenvalue weighted by Gasteiger charge is -2.07. The molecule has 0 radical (unpaired) electrons. The molecular formula is C19H16N2O4S2. The number of nitrogens with two attached hydrogens (primary N) is 1. The third kappa shape index (κ3) is 5.08. The summed E-state index contributed by atoms with van der Waals surface area (Å²) < 4.78 is 4.98. The van der Waals surface area contributed by atoms with Crippen LogP contribution in [-0.4, -0.2) is 30.1 Å².